The number of benzene rings is 2. The van der Waals surface area contributed by atoms with Crippen LogP contribution in [0.15, 0.2) is 48.5 Å². The summed E-state index contributed by atoms with van der Waals surface area (Å²) in [6.45, 7) is 6.31. The monoisotopic (exact) mass is 330 g/mol. The molecule has 1 N–H and O–H groups in total. The summed E-state index contributed by atoms with van der Waals surface area (Å²) < 4.78 is 9.99. The summed E-state index contributed by atoms with van der Waals surface area (Å²) in [5, 5.41) is 8.85. The van der Waals surface area contributed by atoms with Gasteiger partial charge in [-0.25, -0.2) is 4.79 Å². The van der Waals surface area contributed by atoms with E-state index in [9.17, 15) is 4.79 Å². The van der Waals surface area contributed by atoms with Crippen molar-refractivity contribution in [2.75, 3.05) is 13.2 Å². The highest BCUT2D eigenvalue weighted by Gasteiger charge is 2.02. The molecule has 4 nitrogen and oxygen atoms in total. The fourth-order valence-electron chi connectivity index (χ4n) is 1.90. The Hall–Kier alpha value is -2.49. The first-order valence-corrected chi connectivity index (χ1v) is 8.24. The van der Waals surface area contributed by atoms with E-state index >= 15 is 0 Å². The summed E-state index contributed by atoms with van der Waals surface area (Å²) in [6, 6.07) is 15.0. The molecule has 4 heteroatoms. The molecule has 0 fully saturated rings. The van der Waals surface area contributed by atoms with Crippen LogP contribution >= 0.6 is 0 Å². The minimum Gasteiger partial charge on any atom is -0.508 e. The van der Waals surface area contributed by atoms with Crippen LogP contribution in [0.2, 0.25) is 0 Å². The van der Waals surface area contributed by atoms with E-state index in [0.717, 1.165) is 12.8 Å². The van der Waals surface area contributed by atoms with Crippen LogP contribution in [0.4, 0.5) is 0 Å². The van der Waals surface area contributed by atoms with Gasteiger partial charge in [0.2, 0.25) is 0 Å². The van der Waals surface area contributed by atoms with Crippen molar-refractivity contribution in [3.63, 3.8) is 0 Å². The average molecular weight is 330 g/mol. The highest BCUT2D eigenvalue weighted by Crippen LogP contribution is 2.12. The van der Waals surface area contributed by atoms with E-state index in [2.05, 4.69) is 13.8 Å². The van der Waals surface area contributed by atoms with Gasteiger partial charge in [-0.05, 0) is 55.2 Å². The minimum atomic E-state index is -0.336. The lowest BCUT2D eigenvalue weighted by molar-refractivity contribution is -0.145. The van der Waals surface area contributed by atoms with Crippen LogP contribution in [0.25, 0.3) is 0 Å². The van der Waals surface area contributed by atoms with Crippen LogP contribution in [0.1, 0.15) is 31.9 Å². The number of aryl methyl sites for hydroxylation is 2. The van der Waals surface area contributed by atoms with Gasteiger partial charge in [0.15, 0.2) is 6.61 Å². The van der Waals surface area contributed by atoms with E-state index in [1.54, 1.807) is 19.1 Å². The maximum atomic E-state index is 11.0. The third-order valence-electron chi connectivity index (χ3n) is 3.34. The normalized spacial score (nSPS) is 9.62. The Morgan fingerprint density at radius 3 is 1.83 bits per heavy atom. The zero-order valence-corrected chi connectivity index (χ0v) is 14.6. The molecule has 0 unspecified atom stereocenters. The van der Waals surface area contributed by atoms with Crippen LogP contribution in [-0.2, 0) is 22.4 Å². The summed E-state index contributed by atoms with van der Waals surface area (Å²) >= 11 is 0. The number of carbonyl (C=O) groups is 1. The zero-order valence-electron chi connectivity index (χ0n) is 14.6. The maximum absolute atomic E-state index is 11.0. The SMILES string of the molecule is CCOC(=O)COc1ccc(CC)cc1.CCc1ccc(O)cc1. The molecule has 0 aliphatic rings. The van der Waals surface area contributed by atoms with Crippen molar-refractivity contribution in [3.05, 3.63) is 59.7 Å². The Labute approximate surface area is 144 Å². The lowest BCUT2D eigenvalue weighted by Gasteiger charge is -2.05. The van der Waals surface area contributed by atoms with Crippen LogP contribution in [0.3, 0.4) is 0 Å². The van der Waals surface area contributed by atoms with Gasteiger partial charge in [0.05, 0.1) is 6.61 Å². The van der Waals surface area contributed by atoms with Gasteiger partial charge in [0.1, 0.15) is 11.5 Å². The van der Waals surface area contributed by atoms with E-state index in [-0.39, 0.29) is 12.6 Å². The second kappa shape index (κ2) is 11.1. The number of hydrogen-bond donors (Lipinski definition) is 1. The largest absolute Gasteiger partial charge is 0.508 e. The molecule has 2 aromatic carbocycles. The number of carbonyl (C=O) groups excluding carboxylic acids is 1. The van der Waals surface area contributed by atoms with Crippen molar-refractivity contribution >= 4 is 5.97 Å². The van der Waals surface area contributed by atoms with Gasteiger partial charge in [-0.15, -0.1) is 0 Å². The fourth-order valence-corrected chi connectivity index (χ4v) is 1.90. The second-order valence-corrected chi connectivity index (χ2v) is 5.11. The molecule has 24 heavy (non-hydrogen) atoms. The van der Waals surface area contributed by atoms with E-state index in [1.807, 2.05) is 36.4 Å². The Balaban J connectivity index is 0.000000272. The number of phenolic OH excluding ortho intramolecular Hbond substituents is 1. The number of aromatic hydroxyl groups is 1. The molecule has 0 aliphatic heterocycles. The molecule has 0 aliphatic carbocycles. The Bertz CT molecular complexity index is 588. The number of esters is 1. The molecule has 0 aromatic heterocycles. The first kappa shape index (κ1) is 19.6. The van der Waals surface area contributed by atoms with Crippen molar-refractivity contribution in [2.45, 2.75) is 33.6 Å². The molecular formula is C20H26O4. The number of ether oxygens (including phenoxy) is 2. The summed E-state index contributed by atoms with van der Waals surface area (Å²) in [7, 11) is 0. The molecule has 2 rings (SSSR count). The Morgan fingerprint density at radius 1 is 0.875 bits per heavy atom. The number of phenols is 1. The minimum absolute atomic E-state index is 0.0285. The summed E-state index contributed by atoms with van der Waals surface area (Å²) in [5.74, 6) is 0.699. The lowest BCUT2D eigenvalue weighted by Crippen LogP contribution is -2.14. The molecule has 130 valence electrons. The van der Waals surface area contributed by atoms with Crippen molar-refractivity contribution in [2.24, 2.45) is 0 Å². The molecule has 0 bridgehead atoms. The van der Waals surface area contributed by atoms with Crippen LogP contribution in [0.5, 0.6) is 11.5 Å². The molecule has 0 amide bonds. The number of rotatable bonds is 6. The predicted octanol–water partition coefficient (Wildman–Crippen LogP) is 4.15. The summed E-state index contributed by atoms with van der Waals surface area (Å²) in [6.07, 6.45) is 2.03. The first-order chi connectivity index (χ1) is 11.6. The standard InChI is InChI=1S/C12H16O3.C8H10O/c1-3-10-5-7-11(8-6-10)15-9-12(13)14-4-2;1-2-7-3-5-8(9)6-4-7/h5-8H,3-4,9H2,1-2H3;3-6,9H,2H2,1H3. The van der Waals surface area contributed by atoms with Gasteiger partial charge in [-0.1, -0.05) is 38.1 Å². The predicted molar refractivity (Wildman–Crippen MR) is 95.4 cm³/mol. The van der Waals surface area contributed by atoms with Crippen molar-refractivity contribution in [1.82, 2.24) is 0 Å². The van der Waals surface area contributed by atoms with Gasteiger partial charge in [-0.2, -0.15) is 0 Å². The van der Waals surface area contributed by atoms with Crippen molar-refractivity contribution in [1.29, 1.82) is 0 Å². The molecule has 0 spiro atoms. The highest BCUT2D eigenvalue weighted by atomic mass is 16.6. The van der Waals surface area contributed by atoms with Gasteiger partial charge in [-0.3, -0.25) is 0 Å². The Kier molecular flexibility index (Phi) is 9.05. The topological polar surface area (TPSA) is 55.8 Å². The smallest absolute Gasteiger partial charge is 0.344 e. The first-order valence-electron chi connectivity index (χ1n) is 8.24. The van der Waals surface area contributed by atoms with Crippen molar-refractivity contribution < 1.29 is 19.4 Å². The molecule has 0 radical (unpaired) electrons. The quantitative estimate of drug-likeness (QED) is 0.809. The third-order valence-corrected chi connectivity index (χ3v) is 3.34. The van der Waals surface area contributed by atoms with Crippen LogP contribution < -0.4 is 4.74 Å². The summed E-state index contributed by atoms with van der Waals surface area (Å²) in [4.78, 5) is 11.0. The van der Waals surface area contributed by atoms with Crippen LogP contribution in [0, 0.1) is 0 Å². The van der Waals surface area contributed by atoms with Gasteiger partial charge in [0, 0.05) is 0 Å². The van der Waals surface area contributed by atoms with Gasteiger partial charge in [0.25, 0.3) is 0 Å². The number of hydrogen-bond acceptors (Lipinski definition) is 4. The highest BCUT2D eigenvalue weighted by molar-refractivity contribution is 5.71. The lowest BCUT2D eigenvalue weighted by atomic mass is 10.2. The molecule has 0 saturated carbocycles. The molecule has 0 saturated heterocycles. The van der Waals surface area contributed by atoms with E-state index in [4.69, 9.17) is 14.6 Å². The van der Waals surface area contributed by atoms with E-state index in [1.165, 1.54) is 11.1 Å². The van der Waals surface area contributed by atoms with E-state index < -0.39 is 0 Å². The average Bonchev–Trinajstić information content (AvgIpc) is 2.62. The van der Waals surface area contributed by atoms with Gasteiger partial charge < -0.3 is 14.6 Å². The molecule has 2 aromatic rings. The Morgan fingerprint density at radius 2 is 1.38 bits per heavy atom. The molecular weight excluding hydrogens is 304 g/mol. The third kappa shape index (κ3) is 7.68. The summed E-state index contributed by atoms with van der Waals surface area (Å²) in [5.41, 5.74) is 2.51. The zero-order chi connectivity index (χ0) is 17.8. The molecule has 0 atom stereocenters. The maximum Gasteiger partial charge on any atom is 0.344 e. The van der Waals surface area contributed by atoms with Crippen LogP contribution in [-0.4, -0.2) is 24.3 Å². The second-order valence-electron chi connectivity index (χ2n) is 5.11. The van der Waals surface area contributed by atoms with Gasteiger partial charge >= 0.3 is 5.97 Å². The van der Waals surface area contributed by atoms with E-state index in [0.29, 0.717) is 18.1 Å². The molecule has 0 heterocycles. The fraction of sp³-hybridized carbons (Fsp3) is 0.350. The van der Waals surface area contributed by atoms with Crippen molar-refractivity contribution in [3.8, 4) is 11.5 Å².